The highest BCUT2D eigenvalue weighted by molar-refractivity contribution is 5.21. The Labute approximate surface area is 89.4 Å². The molecule has 0 aromatic carbocycles. The summed E-state index contributed by atoms with van der Waals surface area (Å²) in [5.41, 5.74) is 2.56. The van der Waals surface area contributed by atoms with Gasteiger partial charge in [0.1, 0.15) is 0 Å². The molecule has 4 heteroatoms. The largest absolute Gasteiger partial charge is 0.381 e. The molecule has 0 bridgehead atoms. The summed E-state index contributed by atoms with van der Waals surface area (Å²) in [4.78, 5) is 7.67. The van der Waals surface area contributed by atoms with Crippen molar-refractivity contribution in [3.63, 3.8) is 0 Å². The molecular weight excluding hydrogens is 190 g/mol. The zero-order chi connectivity index (χ0) is 10.3. The molecule has 2 heterocycles. The molecule has 1 aromatic heterocycles. The maximum Gasteiger partial charge on any atom is 0.0925 e. The zero-order valence-corrected chi connectivity index (χ0v) is 8.99. The Morgan fingerprint density at radius 3 is 3.13 bits per heavy atom. The molecule has 1 aliphatic heterocycles. The first-order valence-electron chi connectivity index (χ1n) is 5.67. The van der Waals surface area contributed by atoms with Gasteiger partial charge in [0.2, 0.25) is 0 Å². The fourth-order valence-electron chi connectivity index (χ4n) is 2.71. The van der Waals surface area contributed by atoms with E-state index in [1.165, 1.54) is 24.2 Å². The Bertz CT molecular complexity index is 343. The van der Waals surface area contributed by atoms with E-state index in [1.54, 1.807) is 7.11 Å². The van der Waals surface area contributed by atoms with Crippen LogP contribution >= 0.6 is 0 Å². The molecule has 0 amide bonds. The first-order valence-corrected chi connectivity index (χ1v) is 5.67. The first kappa shape index (κ1) is 9.36. The van der Waals surface area contributed by atoms with Crippen molar-refractivity contribution in [1.29, 1.82) is 0 Å². The van der Waals surface area contributed by atoms with E-state index in [0.717, 1.165) is 13.0 Å². The van der Waals surface area contributed by atoms with Crippen LogP contribution in [0.25, 0.3) is 0 Å². The van der Waals surface area contributed by atoms with Crippen molar-refractivity contribution in [2.24, 2.45) is 5.92 Å². The average Bonchev–Trinajstić information content (AvgIpc) is 2.64. The molecule has 1 saturated carbocycles. The van der Waals surface area contributed by atoms with Gasteiger partial charge in [0.05, 0.1) is 24.2 Å². The number of H-pyrrole nitrogens is 1. The van der Waals surface area contributed by atoms with Gasteiger partial charge in [0.15, 0.2) is 0 Å². The standard InChI is InChI=1S/C11H17N3O/c1-15-8-4-7(5-8)10-11-9(2-3-12-10)13-6-14-11/h6-8,10,12H,2-5H2,1H3,(H,13,14). The number of nitrogens with one attached hydrogen (secondary N) is 2. The molecule has 0 radical (unpaired) electrons. The lowest BCUT2D eigenvalue weighted by Gasteiger charge is -2.40. The molecule has 1 fully saturated rings. The Morgan fingerprint density at radius 1 is 1.47 bits per heavy atom. The van der Waals surface area contributed by atoms with E-state index < -0.39 is 0 Å². The van der Waals surface area contributed by atoms with Gasteiger partial charge in [-0.15, -0.1) is 0 Å². The van der Waals surface area contributed by atoms with Crippen LogP contribution in [0.15, 0.2) is 6.33 Å². The van der Waals surface area contributed by atoms with Gasteiger partial charge < -0.3 is 15.0 Å². The second-order valence-electron chi connectivity index (χ2n) is 4.54. The molecule has 2 aliphatic rings. The normalized spacial score (nSPS) is 34.6. The van der Waals surface area contributed by atoms with Gasteiger partial charge in [-0.25, -0.2) is 4.98 Å². The van der Waals surface area contributed by atoms with Gasteiger partial charge in [0, 0.05) is 25.8 Å². The van der Waals surface area contributed by atoms with E-state index >= 15 is 0 Å². The lowest BCUT2D eigenvalue weighted by Crippen LogP contribution is -2.43. The van der Waals surface area contributed by atoms with Gasteiger partial charge in [-0.3, -0.25) is 0 Å². The number of nitrogens with zero attached hydrogens (tertiary/aromatic N) is 1. The number of hydrogen-bond donors (Lipinski definition) is 2. The summed E-state index contributed by atoms with van der Waals surface area (Å²) in [6.07, 6.45) is 5.70. The molecule has 2 N–H and O–H groups in total. The van der Waals surface area contributed by atoms with Crippen LogP contribution in [0.3, 0.4) is 0 Å². The van der Waals surface area contributed by atoms with Gasteiger partial charge in [-0.2, -0.15) is 0 Å². The van der Waals surface area contributed by atoms with E-state index in [0.29, 0.717) is 18.1 Å². The van der Waals surface area contributed by atoms with Crippen LogP contribution in [0.1, 0.15) is 30.3 Å². The quantitative estimate of drug-likeness (QED) is 0.761. The van der Waals surface area contributed by atoms with Crippen LogP contribution in [0, 0.1) is 5.92 Å². The number of rotatable bonds is 2. The Kier molecular flexibility index (Phi) is 2.25. The molecule has 15 heavy (non-hydrogen) atoms. The highest BCUT2D eigenvalue weighted by Gasteiger charge is 2.38. The van der Waals surface area contributed by atoms with Crippen molar-refractivity contribution in [2.75, 3.05) is 13.7 Å². The third-order valence-electron chi connectivity index (χ3n) is 3.72. The van der Waals surface area contributed by atoms with Crippen molar-refractivity contribution in [3.05, 3.63) is 17.7 Å². The van der Waals surface area contributed by atoms with Gasteiger partial charge in [0.25, 0.3) is 0 Å². The molecule has 1 aromatic rings. The van der Waals surface area contributed by atoms with E-state index in [-0.39, 0.29) is 0 Å². The topological polar surface area (TPSA) is 49.9 Å². The first-order chi connectivity index (χ1) is 7.38. The minimum Gasteiger partial charge on any atom is -0.381 e. The molecular formula is C11H17N3O. The molecule has 0 spiro atoms. The van der Waals surface area contributed by atoms with Crippen molar-refractivity contribution in [2.45, 2.75) is 31.4 Å². The van der Waals surface area contributed by atoms with E-state index in [2.05, 4.69) is 15.3 Å². The molecule has 1 aliphatic carbocycles. The number of ether oxygens (including phenoxy) is 1. The lowest BCUT2D eigenvalue weighted by atomic mass is 9.75. The number of fused-ring (bicyclic) bond motifs is 1. The van der Waals surface area contributed by atoms with E-state index in [1.807, 2.05) is 6.33 Å². The maximum absolute atomic E-state index is 5.32. The Morgan fingerprint density at radius 2 is 2.33 bits per heavy atom. The highest BCUT2D eigenvalue weighted by Crippen LogP contribution is 2.40. The van der Waals surface area contributed by atoms with Crippen LogP contribution in [-0.2, 0) is 11.2 Å². The monoisotopic (exact) mass is 207 g/mol. The Hall–Kier alpha value is -0.870. The summed E-state index contributed by atoms with van der Waals surface area (Å²) in [6, 6.07) is 0.450. The van der Waals surface area contributed by atoms with Crippen LogP contribution in [0.4, 0.5) is 0 Å². The zero-order valence-electron chi connectivity index (χ0n) is 8.99. The van der Waals surface area contributed by atoms with Crippen LogP contribution in [0.5, 0.6) is 0 Å². The van der Waals surface area contributed by atoms with Crippen molar-refractivity contribution >= 4 is 0 Å². The predicted octanol–water partition coefficient (Wildman–Crippen LogP) is 1.02. The molecule has 1 unspecified atom stereocenters. The number of aromatic nitrogens is 2. The summed E-state index contributed by atoms with van der Waals surface area (Å²) >= 11 is 0. The second kappa shape index (κ2) is 3.61. The summed E-state index contributed by atoms with van der Waals surface area (Å²) in [6.45, 7) is 1.06. The number of aromatic amines is 1. The average molecular weight is 207 g/mol. The fourth-order valence-corrected chi connectivity index (χ4v) is 2.71. The fraction of sp³-hybridized carbons (Fsp3) is 0.727. The minimum atomic E-state index is 0.450. The third-order valence-corrected chi connectivity index (χ3v) is 3.72. The molecule has 3 rings (SSSR count). The molecule has 4 nitrogen and oxygen atoms in total. The van der Waals surface area contributed by atoms with E-state index in [9.17, 15) is 0 Å². The summed E-state index contributed by atoms with van der Waals surface area (Å²) < 4.78 is 5.32. The Balaban J connectivity index is 1.74. The SMILES string of the molecule is COC1CC(C2NCCc3[nH]cnc32)C1. The molecule has 1 atom stereocenters. The van der Waals surface area contributed by atoms with E-state index in [4.69, 9.17) is 4.74 Å². The number of methoxy groups -OCH3 is 1. The predicted molar refractivity (Wildman–Crippen MR) is 56.6 cm³/mol. The molecule has 82 valence electrons. The second-order valence-corrected chi connectivity index (χ2v) is 4.54. The summed E-state index contributed by atoms with van der Waals surface area (Å²) in [5, 5.41) is 3.57. The van der Waals surface area contributed by atoms with Gasteiger partial charge >= 0.3 is 0 Å². The highest BCUT2D eigenvalue weighted by atomic mass is 16.5. The third kappa shape index (κ3) is 1.48. The van der Waals surface area contributed by atoms with Gasteiger partial charge in [-0.05, 0) is 18.8 Å². The van der Waals surface area contributed by atoms with Gasteiger partial charge in [-0.1, -0.05) is 0 Å². The maximum atomic E-state index is 5.32. The smallest absolute Gasteiger partial charge is 0.0925 e. The van der Waals surface area contributed by atoms with Crippen LogP contribution in [0.2, 0.25) is 0 Å². The van der Waals surface area contributed by atoms with Crippen molar-refractivity contribution in [1.82, 2.24) is 15.3 Å². The van der Waals surface area contributed by atoms with Crippen molar-refractivity contribution in [3.8, 4) is 0 Å². The van der Waals surface area contributed by atoms with Crippen LogP contribution in [-0.4, -0.2) is 29.7 Å². The summed E-state index contributed by atoms with van der Waals surface area (Å²) in [7, 11) is 1.80. The number of imidazole rings is 1. The minimum absolute atomic E-state index is 0.450. The van der Waals surface area contributed by atoms with Crippen LogP contribution < -0.4 is 5.32 Å². The lowest BCUT2D eigenvalue weighted by molar-refractivity contribution is -0.0138. The number of hydrogen-bond acceptors (Lipinski definition) is 3. The molecule has 0 saturated heterocycles. The summed E-state index contributed by atoms with van der Waals surface area (Å²) in [5.74, 6) is 0.706. The van der Waals surface area contributed by atoms with Crippen molar-refractivity contribution < 1.29 is 4.74 Å².